The Morgan fingerprint density at radius 3 is 2.41 bits per heavy atom. The summed E-state index contributed by atoms with van der Waals surface area (Å²) >= 11 is 0. The van der Waals surface area contributed by atoms with E-state index < -0.39 is 0 Å². The summed E-state index contributed by atoms with van der Waals surface area (Å²) in [5.41, 5.74) is 10.6. The largest absolute Gasteiger partial charge is 0.460 e. The number of furan rings is 1. The van der Waals surface area contributed by atoms with Crippen LogP contribution in [0.2, 0.25) is 0 Å². The van der Waals surface area contributed by atoms with Crippen molar-refractivity contribution in [3.05, 3.63) is 59.4 Å². The van der Waals surface area contributed by atoms with E-state index in [4.69, 9.17) is 10.2 Å². The van der Waals surface area contributed by atoms with Gasteiger partial charge in [-0.25, -0.2) is 4.79 Å². The van der Waals surface area contributed by atoms with E-state index in [0.717, 1.165) is 22.4 Å². The van der Waals surface area contributed by atoms with E-state index in [1.165, 1.54) is 18.4 Å². The molecule has 1 atom stereocenters. The van der Waals surface area contributed by atoms with Gasteiger partial charge in [-0.15, -0.1) is 0 Å². The first-order chi connectivity index (χ1) is 13.9. The van der Waals surface area contributed by atoms with Crippen LogP contribution in [0.3, 0.4) is 0 Å². The molecule has 0 spiro atoms. The molecule has 5 nitrogen and oxygen atoms in total. The van der Waals surface area contributed by atoms with Crippen LogP contribution in [-0.4, -0.2) is 48.8 Å². The molecule has 1 aromatic heterocycles. The van der Waals surface area contributed by atoms with Gasteiger partial charge in [0.05, 0.1) is 20.7 Å². The van der Waals surface area contributed by atoms with E-state index in [2.05, 4.69) is 24.3 Å². The maximum Gasteiger partial charge on any atom is 0.350 e. The molecule has 1 fully saturated rings. The number of nitrogens with zero attached hydrogens (tertiary/aromatic N) is 1. The summed E-state index contributed by atoms with van der Waals surface area (Å²) in [4.78, 5) is 13.4. The molecule has 29 heavy (non-hydrogen) atoms. The zero-order chi connectivity index (χ0) is 20.8. The first-order valence-electron chi connectivity index (χ1n) is 10.2. The molecule has 0 bridgehead atoms. The summed E-state index contributed by atoms with van der Waals surface area (Å²) in [6.07, 6.45) is 2.58. The number of carbonyl (C=O) groups excluding carboxylic acids is 1. The quantitative estimate of drug-likeness (QED) is 0.624. The molecule has 5 heteroatoms. The van der Waals surface area contributed by atoms with Gasteiger partial charge >= 0.3 is 5.91 Å². The molecule has 3 N–H and O–H groups in total. The summed E-state index contributed by atoms with van der Waals surface area (Å²) in [6, 6.07) is 14.3. The number of likely N-dealkylation sites (N-methyl/N-ethyl adjacent to an activating group) is 1. The fraction of sp³-hybridized carbons (Fsp3) is 0.375. The minimum absolute atomic E-state index is 0.0250. The van der Waals surface area contributed by atoms with Crippen LogP contribution in [0.15, 0.2) is 46.9 Å². The number of hydrogen-bond acceptors (Lipinski definition) is 4. The van der Waals surface area contributed by atoms with E-state index in [1.54, 1.807) is 14.1 Å². The van der Waals surface area contributed by atoms with Gasteiger partial charge < -0.3 is 15.3 Å². The lowest BCUT2D eigenvalue weighted by molar-refractivity contribution is -0.834. The number of fused-ring (bicyclic) bond motifs is 1. The Morgan fingerprint density at radius 2 is 1.83 bits per heavy atom. The number of aliphatic hydroxyl groups excluding tert-OH is 1. The van der Waals surface area contributed by atoms with Crippen molar-refractivity contribution in [3.63, 3.8) is 0 Å². The number of aryl methyl sites for hydroxylation is 1. The standard InChI is InChI=1S/C24H29N2O3/c1-15-23(24(28)26(2,3)20(13-25)14-27)21-12-19(10-11-22(21)29-15)18-8-6-17(7-9-18)16-4-5-16/h6-12,16,20,27H,4-5,13-14,25H2,1-3H3/q+1. The van der Waals surface area contributed by atoms with Gasteiger partial charge in [-0.2, -0.15) is 0 Å². The number of aliphatic hydroxyl groups is 1. The highest BCUT2D eigenvalue weighted by atomic mass is 16.3. The lowest BCUT2D eigenvalue weighted by Gasteiger charge is -2.33. The molecule has 2 aromatic carbocycles. The molecule has 1 saturated carbocycles. The van der Waals surface area contributed by atoms with E-state index in [-0.39, 0.29) is 29.6 Å². The smallest absolute Gasteiger partial charge is 0.350 e. The number of quaternary nitrogens is 1. The minimum Gasteiger partial charge on any atom is -0.460 e. The van der Waals surface area contributed by atoms with Crippen molar-refractivity contribution >= 4 is 16.9 Å². The Morgan fingerprint density at radius 1 is 1.17 bits per heavy atom. The third-order valence-corrected chi connectivity index (χ3v) is 6.29. The van der Waals surface area contributed by atoms with E-state index in [0.29, 0.717) is 16.9 Å². The molecule has 1 aliphatic rings. The van der Waals surface area contributed by atoms with E-state index in [9.17, 15) is 9.90 Å². The second-order valence-corrected chi connectivity index (χ2v) is 8.56. The van der Waals surface area contributed by atoms with Crippen LogP contribution >= 0.6 is 0 Å². The summed E-state index contributed by atoms with van der Waals surface area (Å²) in [5, 5.41) is 10.5. The molecule has 1 heterocycles. The van der Waals surface area contributed by atoms with Crippen molar-refractivity contribution in [1.29, 1.82) is 0 Å². The third kappa shape index (κ3) is 3.50. The van der Waals surface area contributed by atoms with Gasteiger partial charge in [-0.3, -0.25) is 4.48 Å². The molecule has 1 unspecified atom stereocenters. The van der Waals surface area contributed by atoms with Gasteiger partial charge in [0.2, 0.25) is 0 Å². The molecular formula is C24H29N2O3+. The molecule has 0 saturated heterocycles. The Labute approximate surface area is 171 Å². The van der Waals surface area contributed by atoms with Crippen molar-refractivity contribution < 1.29 is 18.8 Å². The van der Waals surface area contributed by atoms with Crippen LogP contribution < -0.4 is 5.73 Å². The summed E-state index contributed by atoms with van der Waals surface area (Å²) < 4.78 is 5.86. The SMILES string of the molecule is Cc1oc2ccc(-c3ccc(C4CC4)cc3)cc2c1C(=O)[N+](C)(C)C(CN)CO. The second kappa shape index (κ2) is 7.41. The topological polar surface area (TPSA) is 76.5 Å². The average molecular weight is 394 g/mol. The van der Waals surface area contributed by atoms with Gasteiger partial charge in [0, 0.05) is 11.9 Å². The number of carbonyl (C=O) groups is 1. The Hall–Kier alpha value is -2.47. The van der Waals surface area contributed by atoms with Crippen LogP contribution in [-0.2, 0) is 0 Å². The molecular weight excluding hydrogens is 364 g/mol. The van der Waals surface area contributed by atoms with Gasteiger partial charge in [0.25, 0.3) is 0 Å². The van der Waals surface area contributed by atoms with Gasteiger partial charge in [-0.1, -0.05) is 30.3 Å². The maximum absolute atomic E-state index is 13.4. The first kappa shape index (κ1) is 19.8. The first-order valence-corrected chi connectivity index (χ1v) is 10.2. The number of benzene rings is 2. The lowest BCUT2D eigenvalue weighted by atomic mass is 9.99. The minimum atomic E-state index is -0.370. The molecule has 1 amide bonds. The average Bonchev–Trinajstić information content (AvgIpc) is 3.50. The summed E-state index contributed by atoms with van der Waals surface area (Å²) in [6.45, 7) is 1.89. The van der Waals surface area contributed by atoms with Crippen molar-refractivity contribution in [2.75, 3.05) is 27.2 Å². The van der Waals surface area contributed by atoms with Crippen LogP contribution in [0.1, 0.15) is 40.4 Å². The summed E-state index contributed by atoms with van der Waals surface area (Å²) in [5.74, 6) is 1.22. The van der Waals surface area contributed by atoms with E-state index >= 15 is 0 Å². The molecule has 4 rings (SSSR count). The van der Waals surface area contributed by atoms with Crippen LogP contribution in [0.25, 0.3) is 22.1 Å². The molecule has 152 valence electrons. The third-order valence-electron chi connectivity index (χ3n) is 6.29. The highest BCUT2D eigenvalue weighted by Gasteiger charge is 2.38. The zero-order valence-electron chi connectivity index (χ0n) is 17.3. The Balaban J connectivity index is 1.76. The van der Waals surface area contributed by atoms with Crippen LogP contribution in [0.4, 0.5) is 0 Å². The lowest BCUT2D eigenvalue weighted by Crippen LogP contribution is -2.57. The predicted octanol–water partition coefficient (Wildman–Crippen LogP) is 3.82. The number of rotatable bonds is 6. The Kier molecular flexibility index (Phi) is 5.07. The fourth-order valence-electron chi connectivity index (χ4n) is 4.03. The highest BCUT2D eigenvalue weighted by molar-refractivity contribution is 6.05. The molecule has 0 radical (unpaired) electrons. The van der Waals surface area contributed by atoms with Crippen molar-refractivity contribution in [1.82, 2.24) is 0 Å². The Bertz CT molecular complexity index is 1040. The molecule has 3 aromatic rings. The van der Waals surface area contributed by atoms with Gasteiger partial charge in [-0.05, 0) is 54.5 Å². The number of hydrogen-bond donors (Lipinski definition) is 2. The number of amides is 1. The van der Waals surface area contributed by atoms with Crippen LogP contribution in [0, 0.1) is 6.92 Å². The fourth-order valence-corrected chi connectivity index (χ4v) is 4.03. The van der Waals surface area contributed by atoms with Crippen molar-refractivity contribution in [2.45, 2.75) is 31.7 Å². The zero-order valence-corrected chi connectivity index (χ0v) is 17.3. The van der Waals surface area contributed by atoms with Gasteiger partial charge in [0.15, 0.2) is 0 Å². The van der Waals surface area contributed by atoms with E-state index in [1.807, 2.05) is 25.1 Å². The molecule has 0 aliphatic heterocycles. The second-order valence-electron chi connectivity index (χ2n) is 8.56. The number of nitrogens with two attached hydrogens (primary N) is 1. The van der Waals surface area contributed by atoms with Crippen LogP contribution in [0.5, 0.6) is 0 Å². The van der Waals surface area contributed by atoms with Gasteiger partial charge in [0.1, 0.15) is 22.9 Å². The normalized spacial score (nSPS) is 15.6. The van der Waals surface area contributed by atoms with Crippen molar-refractivity contribution in [2.24, 2.45) is 5.73 Å². The van der Waals surface area contributed by atoms with Crippen molar-refractivity contribution in [3.8, 4) is 11.1 Å². The highest BCUT2D eigenvalue weighted by Crippen LogP contribution is 2.40. The molecule has 1 aliphatic carbocycles. The predicted molar refractivity (Wildman–Crippen MR) is 115 cm³/mol. The monoisotopic (exact) mass is 393 g/mol. The summed E-state index contributed by atoms with van der Waals surface area (Å²) in [7, 11) is 3.57. The maximum atomic E-state index is 13.4.